The van der Waals surface area contributed by atoms with Gasteiger partial charge in [0.15, 0.2) is 0 Å². The Morgan fingerprint density at radius 3 is 2.71 bits per heavy atom. The maximum atomic E-state index is 12.5. The minimum atomic E-state index is -0.619. The van der Waals surface area contributed by atoms with Crippen LogP contribution in [-0.2, 0) is 0 Å². The molecular weight excluding hydrogens is 406 g/mol. The van der Waals surface area contributed by atoms with Crippen LogP contribution in [0.25, 0.3) is 0 Å². The SMILES string of the molecule is Cc1nnsc1C(=O)N1CCC(CNC(=O)c2ccc(Cl)c([N+](=O)[O-])c2)CC1. The van der Waals surface area contributed by atoms with Gasteiger partial charge in [0.2, 0.25) is 0 Å². The molecule has 0 saturated carbocycles. The van der Waals surface area contributed by atoms with Crippen molar-refractivity contribution in [1.29, 1.82) is 0 Å². The zero-order valence-corrected chi connectivity index (χ0v) is 16.6. The van der Waals surface area contributed by atoms with Crippen LogP contribution in [0, 0.1) is 23.0 Å². The predicted octanol–water partition coefficient (Wildman–Crippen LogP) is 2.69. The smallest absolute Gasteiger partial charge is 0.288 e. The molecule has 0 atom stereocenters. The normalized spacial score (nSPS) is 14.7. The third-order valence-corrected chi connectivity index (χ3v) is 5.84. The summed E-state index contributed by atoms with van der Waals surface area (Å²) in [4.78, 5) is 37.4. The number of nitro benzene ring substituents is 1. The summed E-state index contributed by atoms with van der Waals surface area (Å²) in [5.74, 6) is -0.205. The monoisotopic (exact) mass is 423 g/mol. The first kappa shape index (κ1) is 20.2. The van der Waals surface area contributed by atoms with E-state index in [1.165, 1.54) is 18.2 Å². The summed E-state index contributed by atoms with van der Waals surface area (Å²) in [6, 6.07) is 3.97. The largest absolute Gasteiger partial charge is 0.352 e. The van der Waals surface area contributed by atoms with Crippen molar-refractivity contribution in [2.75, 3.05) is 19.6 Å². The van der Waals surface area contributed by atoms with Crippen LogP contribution in [0.5, 0.6) is 0 Å². The number of amides is 2. The zero-order chi connectivity index (χ0) is 20.3. The van der Waals surface area contributed by atoms with Gasteiger partial charge in [-0.3, -0.25) is 19.7 Å². The van der Waals surface area contributed by atoms with Gasteiger partial charge in [-0.1, -0.05) is 16.1 Å². The highest BCUT2D eigenvalue weighted by Gasteiger charge is 2.26. The van der Waals surface area contributed by atoms with E-state index in [0.29, 0.717) is 30.2 Å². The average Bonchev–Trinajstić information content (AvgIpc) is 3.12. The molecule has 3 rings (SSSR count). The van der Waals surface area contributed by atoms with Crippen LogP contribution < -0.4 is 5.32 Å². The number of halogens is 1. The number of benzene rings is 1. The number of hydrogen-bond acceptors (Lipinski definition) is 7. The Bertz CT molecular complexity index is 911. The summed E-state index contributed by atoms with van der Waals surface area (Å²) in [6.45, 7) is 3.41. The molecule has 0 bridgehead atoms. The lowest BCUT2D eigenvalue weighted by Crippen LogP contribution is -2.41. The fourth-order valence-electron chi connectivity index (χ4n) is 3.04. The number of nitro groups is 1. The molecule has 2 heterocycles. The van der Waals surface area contributed by atoms with E-state index < -0.39 is 4.92 Å². The summed E-state index contributed by atoms with van der Waals surface area (Å²) >= 11 is 6.87. The Labute approximate surface area is 170 Å². The van der Waals surface area contributed by atoms with Crippen molar-refractivity contribution in [2.45, 2.75) is 19.8 Å². The molecular formula is C17H18ClN5O4S. The van der Waals surface area contributed by atoms with Crippen LogP contribution in [0.4, 0.5) is 5.69 Å². The minimum Gasteiger partial charge on any atom is -0.352 e. The Kier molecular flexibility index (Phi) is 6.20. The summed E-state index contributed by atoms with van der Waals surface area (Å²) in [5.41, 5.74) is 0.535. The quantitative estimate of drug-likeness (QED) is 0.583. The van der Waals surface area contributed by atoms with Crippen molar-refractivity contribution in [2.24, 2.45) is 5.92 Å². The number of hydrogen-bond donors (Lipinski definition) is 1. The van der Waals surface area contributed by atoms with Crippen molar-refractivity contribution >= 4 is 40.6 Å². The molecule has 1 aliphatic heterocycles. The molecule has 0 aliphatic carbocycles. The van der Waals surface area contributed by atoms with Gasteiger partial charge in [-0.25, -0.2) is 0 Å². The minimum absolute atomic E-state index is 0.00929. The number of likely N-dealkylation sites (tertiary alicyclic amines) is 1. The third kappa shape index (κ3) is 4.45. The van der Waals surface area contributed by atoms with E-state index in [1.54, 1.807) is 11.8 Å². The standard InChI is InChI=1S/C17H18ClN5O4S/c1-10-15(28-21-20-10)17(25)22-6-4-11(5-7-22)9-19-16(24)12-2-3-13(18)14(8-12)23(26)27/h2-3,8,11H,4-7,9H2,1H3,(H,19,24). The van der Waals surface area contributed by atoms with Gasteiger partial charge in [-0.05, 0) is 49.3 Å². The summed E-state index contributed by atoms with van der Waals surface area (Å²) < 4.78 is 3.80. The molecule has 0 unspecified atom stereocenters. The Hall–Kier alpha value is -2.59. The topological polar surface area (TPSA) is 118 Å². The van der Waals surface area contributed by atoms with Crippen LogP contribution in [0.2, 0.25) is 5.02 Å². The molecule has 1 aromatic heterocycles. The van der Waals surface area contributed by atoms with Crippen LogP contribution >= 0.6 is 23.1 Å². The molecule has 2 aromatic rings. The first-order valence-electron chi connectivity index (χ1n) is 8.67. The molecule has 28 heavy (non-hydrogen) atoms. The van der Waals surface area contributed by atoms with Crippen molar-refractivity contribution in [3.63, 3.8) is 0 Å². The second-order valence-electron chi connectivity index (χ2n) is 6.56. The van der Waals surface area contributed by atoms with Crippen LogP contribution in [0.1, 0.15) is 38.6 Å². The number of nitrogens with zero attached hydrogens (tertiary/aromatic N) is 4. The highest BCUT2D eigenvalue weighted by Crippen LogP contribution is 2.25. The van der Waals surface area contributed by atoms with Crippen molar-refractivity contribution < 1.29 is 14.5 Å². The molecule has 1 aromatic carbocycles. The van der Waals surface area contributed by atoms with Gasteiger partial charge in [-0.15, -0.1) is 5.10 Å². The number of piperidine rings is 1. The highest BCUT2D eigenvalue weighted by molar-refractivity contribution is 7.07. The number of carbonyl (C=O) groups excluding carboxylic acids is 2. The Morgan fingerprint density at radius 1 is 1.39 bits per heavy atom. The highest BCUT2D eigenvalue weighted by atomic mass is 35.5. The van der Waals surface area contributed by atoms with E-state index in [0.717, 1.165) is 24.4 Å². The van der Waals surface area contributed by atoms with Crippen molar-refractivity contribution in [3.8, 4) is 0 Å². The van der Waals surface area contributed by atoms with Crippen molar-refractivity contribution in [1.82, 2.24) is 19.8 Å². The fourth-order valence-corrected chi connectivity index (χ4v) is 3.86. The number of carbonyl (C=O) groups is 2. The summed E-state index contributed by atoms with van der Waals surface area (Å²) in [7, 11) is 0. The first-order valence-corrected chi connectivity index (χ1v) is 9.82. The van der Waals surface area contributed by atoms with Crippen LogP contribution in [0.15, 0.2) is 18.2 Å². The molecule has 1 fully saturated rings. The molecule has 1 aliphatic rings. The maximum absolute atomic E-state index is 12.5. The van der Waals surface area contributed by atoms with Gasteiger partial charge < -0.3 is 10.2 Å². The van der Waals surface area contributed by atoms with Crippen LogP contribution in [-0.4, -0.2) is 50.9 Å². The molecule has 2 amide bonds. The van der Waals surface area contributed by atoms with Gasteiger partial charge in [0.05, 0.1) is 10.6 Å². The number of rotatable bonds is 5. The van der Waals surface area contributed by atoms with E-state index in [9.17, 15) is 19.7 Å². The van der Waals surface area contributed by atoms with E-state index in [4.69, 9.17) is 11.6 Å². The second-order valence-corrected chi connectivity index (χ2v) is 7.72. The molecule has 1 saturated heterocycles. The second kappa shape index (κ2) is 8.61. The van der Waals surface area contributed by atoms with Crippen molar-refractivity contribution in [3.05, 3.63) is 49.5 Å². The van der Waals surface area contributed by atoms with E-state index >= 15 is 0 Å². The lowest BCUT2D eigenvalue weighted by atomic mass is 9.96. The van der Waals surface area contributed by atoms with Crippen LogP contribution in [0.3, 0.4) is 0 Å². The fraction of sp³-hybridized carbons (Fsp3) is 0.412. The molecule has 11 heteroatoms. The van der Waals surface area contributed by atoms with E-state index in [-0.39, 0.29) is 34.0 Å². The third-order valence-electron chi connectivity index (χ3n) is 4.70. The zero-order valence-electron chi connectivity index (χ0n) is 15.1. The van der Waals surface area contributed by atoms with Gasteiger partial charge in [0, 0.05) is 31.3 Å². The Morgan fingerprint density at radius 2 is 2.11 bits per heavy atom. The molecule has 0 spiro atoms. The maximum Gasteiger partial charge on any atom is 0.288 e. The molecule has 9 nitrogen and oxygen atoms in total. The molecule has 0 radical (unpaired) electrons. The Balaban J connectivity index is 1.51. The van der Waals surface area contributed by atoms with E-state index in [1.807, 2.05) is 0 Å². The van der Waals surface area contributed by atoms with E-state index in [2.05, 4.69) is 14.9 Å². The lowest BCUT2D eigenvalue weighted by molar-refractivity contribution is -0.384. The number of aromatic nitrogens is 2. The van der Waals surface area contributed by atoms with Gasteiger partial charge in [0.25, 0.3) is 17.5 Å². The summed E-state index contributed by atoms with van der Waals surface area (Å²) in [5, 5.41) is 17.6. The van der Waals surface area contributed by atoms with Gasteiger partial charge in [0.1, 0.15) is 9.90 Å². The lowest BCUT2D eigenvalue weighted by Gasteiger charge is -2.31. The number of aryl methyl sites for hydroxylation is 1. The molecule has 148 valence electrons. The molecule has 1 N–H and O–H groups in total. The number of nitrogens with one attached hydrogen (secondary N) is 1. The summed E-state index contributed by atoms with van der Waals surface area (Å²) in [6.07, 6.45) is 1.52. The average molecular weight is 424 g/mol. The van der Waals surface area contributed by atoms with Gasteiger partial charge in [-0.2, -0.15) is 0 Å². The first-order chi connectivity index (χ1) is 13.4. The van der Waals surface area contributed by atoms with Gasteiger partial charge >= 0.3 is 0 Å². The predicted molar refractivity (Wildman–Crippen MR) is 104 cm³/mol.